The van der Waals surface area contributed by atoms with E-state index in [2.05, 4.69) is 77.9 Å². The van der Waals surface area contributed by atoms with Crippen LogP contribution in [0.4, 0.5) is 4.79 Å². The van der Waals surface area contributed by atoms with Crippen LogP contribution in [0.5, 0.6) is 0 Å². The highest BCUT2D eigenvalue weighted by atomic mass is 32.2. The van der Waals surface area contributed by atoms with Crippen molar-refractivity contribution in [1.29, 1.82) is 0 Å². The molecule has 0 aromatic heterocycles. The predicted molar refractivity (Wildman–Crippen MR) is 212 cm³/mol. The average Bonchev–Trinajstić information content (AvgIpc) is 3.52. The molecular weight excluding hydrogens is 681 g/mol. The fraction of sp³-hybridized carbons (Fsp3) is 0.222. The lowest BCUT2D eigenvalue weighted by molar-refractivity contribution is -0.146. The van der Waals surface area contributed by atoms with Crippen LogP contribution < -0.4 is 10.6 Å². The summed E-state index contributed by atoms with van der Waals surface area (Å²) in [5.41, 5.74) is 7.49. The molecule has 2 amide bonds. The molecule has 0 aliphatic heterocycles. The molecule has 0 radical (unpaired) electrons. The van der Waals surface area contributed by atoms with E-state index in [1.165, 1.54) is 17.8 Å². The van der Waals surface area contributed by atoms with Gasteiger partial charge >= 0.3 is 12.1 Å². The first-order valence-corrected chi connectivity index (χ1v) is 18.8. The average molecular weight is 725 g/mol. The largest absolute Gasteiger partial charge is 0.460 e. The zero-order valence-corrected chi connectivity index (χ0v) is 30.8. The van der Waals surface area contributed by atoms with Crippen molar-refractivity contribution < 1.29 is 23.9 Å². The third-order valence-electron chi connectivity index (χ3n) is 9.52. The molecule has 0 bridgehead atoms. The van der Waals surface area contributed by atoms with Crippen LogP contribution >= 0.6 is 11.8 Å². The molecule has 6 rings (SSSR count). The molecule has 5 aromatic rings. The maximum Gasteiger partial charge on any atom is 0.407 e. The van der Waals surface area contributed by atoms with Gasteiger partial charge in [-0.3, -0.25) is 4.79 Å². The van der Waals surface area contributed by atoms with Gasteiger partial charge in [-0.15, -0.1) is 11.8 Å². The third kappa shape index (κ3) is 8.23. The van der Waals surface area contributed by atoms with Gasteiger partial charge < -0.3 is 20.1 Å². The zero-order chi connectivity index (χ0) is 37.2. The molecule has 0 spiro atoms. The molecule has 2 N–H and O–H groups in total. The van der Waals surface area contributed by atoms with Gasteiger partial charge in [0.25, 0.3) is 0 Å². The summed E-state index contributed by atoms with van der Waals surface area (Å²) in [5, 5.41) is 5.70. The second kappa shape index (κ2) is 17.3. The highest BCUT2D eigenvalue weighted by Gasteiger charge is 2.39. The third-order valence-corrected chi connectivity index (χ3v) is 11.2. The van der Waals surface area contributed by atoms with Crippen LogP contribution in [-0.2, 0) is 23.8 Å². The second-order valence-electron chi connectivity index (χ2n) is 13.3. The summed E-state index contributed by atoms with van der Waals surface area (Å²) in [6.07, 6.45) is 0.777. The number of thioether (sulfide) groups is 1. The molecule has 0 saturated carbocycles. The first-order chi connectivity index (χ1) is 25.8. The number of alkyl carbamates (subject to hydrolysis) is 1. The van der Waals surface area contributed by atoms with Gasteiger partial charge in [-0.1, -0.05) is 166 Å². The molecule has 0 unspecified atom stereocenters. The van der Waals surface area contributed by atoms with Gasteiger partial charge in [0.05, 0.1) is 4.75 Å². The van der Waals surface area contributed by atoms with Gasteiger partial charge in [0.2, 0.25) is 5.91 Å². The SMILES string of the molecule is C=CCOC(=O)[C@H](CSC(c1ccccc1)(c1ccccc1)c1ccccc1)NC(=O)[C@@H](NC(=O)OCC1c2ccccc2-c2ccccc21)C(C)C. The first-order valence-electron chi connectivity index (χ1n) is 17.8. The number of hydrogen-bond acceptors (Lipinski definition) is 6. The summed E-state index contributed by atoms with van der Waals surface area (Å²) in [6.45, 7) is 7.45. The fourth-order valence-electron chi connectivity index (χ4n) is 6.95. The zero-order valence-electron chi connectivity index (χ0n) is 29.9. The predicted octanol–water partition coefficient (Wildman–Crippen LogP) is 8.49. The van der Waals surface area contributed by atoms with E-state index in [4.69, 9.17) is 9.47 Å². The van der Waals surface area contributed by atoms with E-state index in [-0.39, 0.29) is 30.8 Å². The van der Waals surface area contributed by atoms with E-state index in [1.807, 2.05) is 92.7 Å². The van der Waals surface area contributed by atoms with E-state index in [0.29, 0.717) is 0 Å². The number of benzene rings is 5. The minimum absolute atomic E-state index is 0.0112. The molecular formula is C45H44N2O5S. The standard InChI is InChI=1S/C45H44N2O5S/c1-4-28-51-43(49)40(30-53-45(32-18-8-5-9-19-32,33-20-10-6-11-21-33)34-22-12-7-13-23-34)46-42(48)41(31(2)3)47-44(50)52-29-39-37-26-16-14-24-35(37)36-25-15-17-27-38(36)39/h4-27,31,39-41H,1,28-30H2,2-3H3,(H,46,48)(H,47,50)/t40-,41-/m0/s1. The molecule has 0 heterocycles. The molecule has 5 aromatic carbocycles. The van der Waals surface area contributed by atoms with Gasteiger partial charge in [-0.2, -0.15) is 0 Å². The minimum Gasteiger partial charge on any atom is -0.460 e. The van der Waals surface area contributed by atoms with Crippen LogP contribution in [0, 0.1) is 5.92 Å². The van der Waals surface area contributed by atoms with E-state index in [1.54, 1.807) is 0 Å². The normalized spacial score (nSPS) is 13.3. The van der Waals surface area contributed by atoms with Crippen LogP contribution in [0.25, 0.3) is 11.1 Å². The lowest BCUT2D eigenvalue weighted by Crippen LogP contribution is -2.55. The van der Waals surface area contributed by atoms with Crippen LogP contribution in [0.15, 0.2) is 152 Å². The number of amides is 2. The molecule has 0 saturated heterocycles. The highest BCUT2D eigenvalue weighted by molar-refractivity contribution is 8.00. The molecule has 0 fully saturated rings. The smallest absolute Gasteiger partial charge is 0.407 e. The van der Waals surface area contributed by atoms with Gasteiger partial charge in [-0.05, 0) is 44.9 Å². The first kappa shape index (κ1) is 37.2. The van der Waals surface area contributed by atoms with Crippen molar-refractivity contribution in [3.8, 4) is 11.1 Å². The topological polar surface area (TPSA) is 93.7 Å². The lowest BCUT2D eigenvalue weighted by Gasteiger charge is -2.36. The maximum atomic E-state index is 14.0. The van der Waals surface area contributed by atoms with Crippen molar-refractivity contribution >= 4 is 29.7 Å². The fourth-order valence-corrected chi connectivity index (χ4v) is 8.50. The number of nitrogens with one attached hydrogen (secondary N) is 2. The van der Waals surface area contributed by atoms with Gasteiger partial charge in [-0.25, -0.2) is 9.59 Å². The summed E-state index contributed by atoms with van der Waals surface area (Å²) >= 11 is 1.53. The molecule has 7 nitrogen and oxygen atoms in total. The summed E-state index contributed by atoms with van der Waals surface area (Å²) in [6, 6.07) is 44.5. The maximum absolute atomic E-state index is 14.0. The van der Waals surface area contributed by atoms with Gasteiger partial charge in [0, 0.05) is 11.7 Å². The molecule has 1 aliphatic carbocycles. The summed E-state index contributed by atoms with van der Waals surface area (Å²) in [7, 11) is 0. The van der Waals surface area contributed by atoms with E-state index in [0.717, 1.165) is 38.9 Å². The van der Waals surface area contributed by atoms with Crippen molar-refractivity contribution in [3.63, 3.8) is 0 Å². The molecule has 8 heteroatoms. The molecule has 53 heavy (non-hydrogen) atoms. The molecule has 1 aliphatic rings. The monoisotopic (exact) mass is 724 g/mol. The van der Waals surface area contributed by atoms with Crippen molar-refractivity contribution in [3.05, 3.63) is 180 Å². The number of hydrogen-bond donors (Lipinski definition) is 2. The minimum atomic E-state index is -1.05. The Hall–Kier alpha value is -5.60. The lowest BCUT2D eigenvalue weighted by atomic mass is 9.84. The van der Waals surface area contributed by atoms with Gasteiger partial charge in [0.15, 0.2) is 0 Å². The quantitative estimate of drug-likeness (QED) is 0.0639. The second-order valence-corrected chi connectivity index (χ2v) is 14.5. The summed E-state index contributed by atoms with van der Waals surface area (Å²) in [4.78, 5) is 40.9. The van der Waals surface area contributed by atoms with Crippen molar-refractivity contribution in [2.75, 3.05) is 19.0 Å². The highest BCUT2D eigenvalue weighted by Crippen LogP contribution is 2.49. The summed E-state index contributed by atoms with van der Waals surface area (Å²) < 4.78 is 10.6. The van der Waals surface area contributed by atoms with Crippen LogP contribution in [0.2, 0.25) is 0 Å². The Morgan fingerprint density at radius 2 is 1.17 bits per heavy atom. The van der Waals surface area contributed by atoms with E-state index in [9.17, 15) is 14.4 Å². The number of carbonyl (C=O) groups excluding carboxylic acids is 3. The number of carbonyl (C=O) groups is 3. The van der Waals surface area contributed by atoms with Gasteiger partial charge in [0.1, 0.15) is 25.3 Å². The van der Waals surface area contributed by atoms with Crippen LogP contribution in [-0.4, -0.2) is 49.0 Å². The number of esters is 1. The van der Waals surface area contributed by atoms with Crippen molar-refractivity contribution in [2.24, 2.45) is 5.92 Å². The Morgan fingerprint density at radius 3 is 1.64 bits per heavy atom. The Balaban J connectivity index is 1.22. The van der Waals surface area contributed by atoms with Crippen molar-refractivity contribution in [1.82, 2.24) is 10.6 Å². The van der Waals surface area contributed by atoms with E-state index < -0.39 is 34.8 Å². The number of ether oxygens (including phenoxy) is 2. The Labute approximate surface area is 315 Å². The molecule has 2 atom stereocenters. The molecule has 270 valence electrons. The van der Waals surface area contributed by atoms with E-state index >= 15 is 0 Å². The van der Waals surface area contributed by atoms with Crippen molar-refractivity contribution in [2.45, 2.75) is 36.6 Å². The van der Waals surface area contributed by atoms with Crippen LogP contribution in [0.1, 0.15) is 47.6 Å². The Morgan fingerprint density at radius 1 is 0.698 bits per heavy atom. The van der Waals surface area contributed by atoms with Crippen LogP contribution in [0.3, 0.4) is 0 Å². The Kier molecular flexibility index (Phi) is 12.1. The Bertz CT molecular complexity index is 1880. The summed E-state index contributed by atoms with van der Waals surface area (Å²) in [5.74, 6) is -1.39. The number of fused-ring (bicyclic) bond motifs is 3. The number of rotatable bonds is 15.